The van der Waals surface area contributed by atoms with E-state index in [-0.39, 0.29) is 5.91 Å². The summed E-state index contributed by atoms with van der Waals surface area (Å²) in [6.07, 6.45) is 0. The smallest absolute Gasteiger partial charge is 0.256 e. The number of ether oxygens (including phenoxy) is 1. The van der Waals surface area contributed by atoms with Gasteiger partial charge in [-0.1, -0.05) is 34.8 Å². The van der Waals surface area contributed by atoms with Crippen LogP contribution < -0.4 is 10.1 Å². The number of nitrogens with zero attached hydrogens (tertiary/aromatic N) is 3. The van der Waals surface area contributed by atoms with Gasteiger partial charge in [0.2, 0.25) is 0 Å². The lowest BCUT2D eigenvalue weighted by molar-refractivity contribution is 0.102. The molecule has 3 aromatic carbocycles. The van der Waals surface area contributed by atoms with E-state index in [0.29, 0.717) is 23.6 Å². The first-order chi connectivity index (χ1) is 15.2. The summed E-state index contributed by atoms with van der Waals surface area (Å²) < 4.78 is 10.5. The molecule has 0 saturated heterocycles. The van der Waals surface area contributed by atoms with Crippen LogP contribution in [0.3, 0.4) is 0 Å². The van der Waals surface area contributed by atoms with Crippen molar-refractivity contribution < 1.29 is 9.53 Å². The summed E-state index contributed by atoms with van der Waals surface area (Å²) in [6.45, 7) is 2.53. The van der Waals surface area contributed by atoms with E-state index in [0.717, 1.165) is 32.4 Å². The van der Waals surface area contributed by atoms with Crippen molar-refractivity contribution in [3.05, 3.63) is 78.4 Å². The summed E-state index contributed by atoms with van der Waals surface area (Å²) in [4.78, 5) is 18.1. The van der Waals surface area contributed by atoms with Gasteiger partial charge in [0, 0.05) is 16.6 Å². The van der Waals surface area contributed by atoms with Crippen LogP contribution in [0.5, 0.6) is 5.75 Å². The Hall–Kier alpha value is -3.84. The van der Waals surface area contributed by atoms with Crippen LogP contribution in [0.15, 0.2) is 72.8 Å². The lowest BCUT2D eigenvalue weighted by atomic mass is 10.0. The van der Waals surface area contributed by atoms with Crippen LogP contribution in [0.4, 0.5) is 5.69 Å². The minimum atomic E-state index is -0.196. The van der Waals surface area contributed by atoms with Crippen LogP contribution in [0.1, 0.15) is 17.3 Å². The molecule has 2 aromatic heterocycles. The minimum Gasteiger partial charge on any atom is -0.494 e. The van der Waals surface area contributed by atoms with Gasteiger partial charge < -0.3 is 10.1 Å². The topological polar surface area (TPSA) is 77.0 Å². The molecule has 6 nitrogen and oxygen atoms in total. The summed E-state index contributed by atoms with van der Waals surface area (Å²) >= 11 is 1.32. The Morgan fingerprint density at radius 3 is 2.65 bits per heavy atom. The van der Waals surface area contributed by atoms with E-state index >= 15 is 0 Å². The number of nitrogens with one attached hydrogen (secondary N) is 1. The lowest BCUT2D eigenvalue weighted by Crippen LogP contribution is -2.13. The number of hydrogen-bond donors (Lipinski definition) is 1. The number of carbonyl (C=O) groups excluding carboxylic acids is 1. The van der Waals surface area contributed by atoms with Crippen LogP contribution in [0.2, 0.25) is 0 Å². The Kier molecular flexibility index (Phi) is 5.01. The molecule has 31 heavy (non-hydrogen) atoms. The number of amides is 1. The van der Waals surface area contributed by atoms with Crippen molar-refractivity contribution in [3.8, 4) is 17.0 Å². The molecule has 152 valence electrons. The normalized spacial score (nSPS) is 11.0. The first kappa shape index (κ1) is 19.1. The molecule has 0 fully saturated rings. The highest BCUT2D eigenvalue weighted by Gasteiger charge is 2.16. The fourth-order valence-corrected chi connectivity index (χ4v) is 4.19. The zero-order chi connectivity index (χ0) is 21.2. The minimum absolute atomic E-state index is 0.196. The fraction of sp³-hybridized carbons (Fsp3) is 0.0833. The van der Waals surface area contributed by atoms with Gasteiger partial charge in [-0.15, -0.1) is 5.10 Å². The Balaban J connectivity index is 1.57. The molecule has 1 N–H and O–H groups in total. The maximum Gasteiger partial charge on any atom is 0.256 e. The molecule has 0 saturated carbocycles. The first-order valence-electron chi connectivity index (χ1n) is 9.88. The molecule has 0 bridgehead atoms. The Labute approximate surface area is 182 Å². The third kappa shape index (κ3) is 3.71. The van der Waals surface area contributed by atoms with Gasteiger partial charge in [0.05, 0.1) is 28.1 Å². The van der Waals surface area contributed by atoms with Gasteiger partial charge in [0.25, 0.3) is 5.91 Å². The van der Waals surface area contributed by atoms with Crippen molar-refractivity contribution in [1.29, 1.82) is 0 Å². The third-order valence-corrected chi connectivity index (χ3v) is 5.71. The molecule has 0 spiro atoms. The molecule has 5 aromatic rings. The molecule has 5 rings (SSSR count). The summed E-state index contributed by atoms with van der Waals surface area (Å²) in [6, 6.07) is 22.7. The number of rotatable bonds is 5. The van der Waals surface area contributed by atoms with Crippen LogP contribution >= 0.6 is 11.5 Å². The maximum atomic E-state index is 13.2. The number of carbonyl (C=O) groups is 1. The SMILES string of the molecule is CCOc1ccc(NC(=O)c2cc(-c3cccc4nnsc34)nc3ccccc23)cc1. The van der Waals surface area contributed by atoms with Gasteiger partial charge in [-0.25, -0.2) is 4.98 Å². The first-order valence-corrected chi connectivity index (χ1v) is 10.7. The van der Waals surface area contributed by atoms with Gasteiger partial charge in [0.15, 0.2) is 0 Å². The van der Waals surface area contributed by atoms with Crippen molar-refractivity contribution in [2.75, 3.05) is 11.9 Å². The Morgan fingerprint density at radius 1 is 1.00 bits per heavy atom. The number of anilines is 1. The van der Waals surface area contributed by atoms with E-state index in [9.17, 15) is 4.79 Å². The quantitative estimate of drug-likeness (QED) is 0.398. The van der Waals surface area contributed by atoms with Gasteiger partial charge >= 0.3 is 0 Å². The summed E-state index contributed by atoms with van der Waals surface area (Å²) in [7, 11) is 0. The number of fused-ring (bicyclic) bond motifs is 2. The van der Waals surface area contributed by atoms with E-state index in [1.165, 1.54) is 11.5 Å². The number of hydrogen-bond acceptors (Lipinski definition) is 6. The number of pyridine rings is 1. The van der Waals surface area contributed by atoms with Crippen LogP contribution in [0, 0.1) is 0 Å². The number of aromatic nitrogens is 3. The van der Waals surface area contributed by atoms with Gasteiger partial charge in [-0.2, -0.15) is 0 Å². The maximum absolute atomic E-state index is 13.2. The average molecular weight is 427 g/mol. The number of para-hydroxylation sites is 1. The van der Waals surface area contributed by atoms with Crippen molar-refractivity contribution in [3.63, 3.8) is 0 Å². The monoisotopic (exact) mass is 426 g/mol. The molecule has 0 aliphatic carbocycles. The lowest BCUT2D eigenvalue weighted by Gasteiger charge is -2.11. The molecule has 2 heterocycles. The molecular weight excluding hydrogens is 408 g/mol. The summed E-state index contributed by atoms with van der Waals surface area (Å²) in [5.74, 6) is 0.571. The van der Waals surface area contributed by atoms with Crippen LogP contribution in [0.25, 0.3) is 32.4 Å². The highest BCUT2D eigenvalue weighted by Crippen LogP contribution is 2.32. The van der Waals surface area contributed by atoms with E-state index in [4.69, 9.17) is 9.72 Å². The van der Waals surface area contributed by atoms with Crippen molar-refractivity contribution in [2.45, 2.75) is 6.92 Å². The van der Waals surface area contributed by atoms with Crippen LogP contribution in [-0.2, 0) is 0 Å². The molecular formula is C24H18N4O2S. The van der Waals surface area contributed by atoms with Crippen molar-refractivity contribution in [1.82, 2.24) is 14.6 Å². The molecule has 0 atom stereocenters. The largest absolute Gasteiger partial charge is 0.494 e. The molecule has 1 amide bonds. The Bertz CT molecular complexity index is 1400. The van der Waals surface area contributed by atoms with Gasteiger partial charge in [-0.3, -0.25) is 4.79 Å². The predicted molar refractivity (Wildman–Crippen MR) is 124 cm³/mol. The fourth-order valence-electron chi connectivity index (χ4n) is 3.51. The van der Waals surface area contributed by atoms with E-state index in [1.807, 2.05) is 79.7 Å². The summed E-state index contributed by atoms with van der Waals surface area (Å²) in [5.41, 5.74) is 4.46. The molecule has 7 heteroatoms. The van der Waals surface area contributed by atoms with E-state index in [1.54, 1.807) is 0 Å². The standard InChI is InChI=1S/C24H18N4O2S/c1-2-30-16-12-10-15(11-13-16)25-24(29)19-14-22(26-20-8-4-3-6-17(19)20)18-7-5-9-21-23(18)31-28-27-21/h3-14H,2H2,1H3,(H,25,29). The second kappa shape index (κ2) is 8.12. The zero-order valence-corrected chi connectivity index (χ0v) is 17.5. The predicted octanol–water partition coefficient (Wildman–Crippen LogP) is 5.56. The molecule has 0 unspecified atom stereocenters. The molecule has 0 radical (unpaired) electrons. The van der Waals surface area contributed by atoms with E-state index < -0.39 is 0 Å². The highest BCUT2D eigenvalue weighted by molar-refractivity contribution is 7.13. The van der Waals surface area contributed by atoms with Crippen molar-refractivity contribution >= 4 is 44.2 Å². The second-order valence-electron chi connectivity index (χ2n) is 6.91. The summed E-state index contributed by atoms with van der Waals surface area (Å²) in [5, 5.41) is 7.93. The van der Waals surface area contributed by atoms with Gasteiger partial charge in [0.1, 0.15) is 11.3 Å². The van der Waals surface area contributed by atoms with Crippen molar-refractivity contribution in [2.24, 2.45) is 0 Å². The average Bonchev–Trinajstić information content (AvgIpc) is 3.29. The zero-order valence-electron chi connectivity index (χ0n) is 16.7. The third-order valence-electron chi connectivity index (χ3n) is 4.93. The Morgan fingerprint density at radius 2 is 1.81 bits per heavy atom. The number of benzene rings is 3. The van der Waals surface area contributed by atoms with Gasteiger partial charge in [-0.05, 0) is 60.9 Å². The molecule has 0 aliphatic heterocycles. The highest BCUT2D eigenvalue weighted by atomic mass is 32.1. The molecule has 0 aliphatic rings. The second-order valence-corrected chi connectivity index (χ2v) is 7.66. The van der Waals surface area contributed by atoms with Crippen LogP contribution in [-0.4, -0.2) is 27.1 Å². The van der Waals surface area contributed by atoms with E-state index in [2.05, 4.69) is 14.9 Å².